The van der Waals surface area contributed by atoms with E-state index in [-0.39, 0.29) is 5.91 Å². The van der Waals surface area contributed by atoms with Gasteiger partial charge in [-0.25, -0.2) is 0 Å². The first-order valence-electron chi connectivity index (χ1n) is 4.75. The van der Waals surface area contributed by atoms with Crippen molar-refractivity contribution in [2.75, 3.05) is 18.1 Å². The maximum atomic E-state index is 11.2. The molecule has 1 aliphatic heterocycles. The van der Waals surface area contributed by atoms with Crippen molar-refractivity contribution in [3.05, 3.63) is 11.6 Å². The highest BCUT2D eigenvalue weighted by atomic mass is 32.2. The van der Waals surface area contributed by atoms with E-state index in [1.807, 2.05) is 13.8 Å². The van der Waals surface area contributed by atoms with Gasteiger partial charge in [0.1, 0.15) is 0 Å². The van der Waals surface area contributed by atoms with Crippen LogP contribution in [0.1, 0.15) is 20.3 Å². The van der Waals surface area contributed by atoms with Crippen LogP contribution in [0.4, 0.5) is 0 Å². The Labute approximate surface area is 89.0 Å². The first-order chi connectivity index (χ1) is 6.52. The number of allylic oxidation sites excluding steroid dienone is 1. The fraction of sp³-hybridized carbons (Fsp3) is 0.700. The zero-order valence-electron chi connectivity index (χ0n) is 8.67. The number of carbonyl (C=O) groups excluding carboxylic acids is 1. The van der Waals surface area contributed by atoms with Crippen LogP contribution in [0.25, 0.3) is 0 Å². The smallest absolute Gasteiger partial charge is 0.244 e. The third kappa shape index (κ3) is 3.72. The maximum Gasteiger partial charge on any atom is 0.244 e. The molecule has 3 nitrogen and oxygen atoms in total. The van der Waals surface area contributed by atoms with Crippen molar-refractivity contribution >= 4 is 17.7 Å². The van der Waals surface area contributed by atoms with E-state index in [2.05, 4.69) is 5.32 Å². The summed E-state index contributed by atoms with van der Waals surface area (Å²) in [6.07, 6.45) is 2.32. The van der Waals surface area contributed by atoms with Crippen LogP contribution in [0.3, 0.4) is 0 Å². The zero-order chi connectivity index (χ0) is 10.6. The van der Waals surface area contributed by atoms with Crippen molar-refractivity contribution in [2.24, 2.45) is 0 Å². The minimum Gasteiger partial charge on any atom is -0.387 e. The van der Waals surface area contributed by atoms with Gasteiger partial charge < -0.3 is 10.4 Å². The average Bonchev–Trinajstić information content (AvgIpc) is 2.49. The summed E-state index contributed by atoms with van der Waals surface area (Å²) in [6.45, 7) is 4.11. The molecular formula is C10H17NO2S. The predicted molar refractivity (Wildman–Crippen MR) is 59.3 cm³/mol. The molecule has 2 N–H and O–H groups in total. The van der Waals surface area contributed by atoms with E-state index < -0.39 is 5.60 Å². The molecule has 0 aliphatic carbocycles. The second-order valence-electron chi connectivity index (χ2n) is 3.97. The van der Waals surface area contributed by atoms with Crippen LogP contribution >= 0.6 is 11.8 Å². The molecule has 0 saturated carbocycles. The van der Waals surface area contributed by atoms with Gasteiger partial charge in [-0.2, -0.15) is 11.8 Å². The zero-order valence-corrected chi connectivity index (χ0v) is 9.49. The van der Waals surface area contributed by atoms with Gasteiger partial charge in [0.25, 0.3) is 0 Å². The molecule has 1 atom stereocenters. The summed E-state index contributed by atoms with van der Waals surface area (Å²) in [5, 5.41) is 12.6. The SMILES string of the molecule is CC(C)=CC(=O)NCC1(O)CCSC1. The van der Waals surface area contributed by atoms with Crippen molar-refractivity contribution in [2.45, 2.75) is 25.9 Å². The van der Waals surface area contributed by atoms with Crippen molar-refractivity contribution in [3.8, 4) is 0 Å². The number of hydrogen-bond acceptors (Lipinski definition) is 3. The van der Waals surface area contributed by atoms with Gasteiger partial charge in [-0.05, 0) is 26.0 Å². The van der Waals surface area contributed by atoms with Crippen LogP contribution in [0.2, 0.25) is 0 Å². The second-order valence-corrected chi connectivity index (χ2v) is 5.07. The van der Waals surface area contributed by atoms with Crippen LogP contribution in [0.5, 0.6) is 0 Å². The first-order valence-corrected chi connectivity index (χ1v) is 5.90. The van der Waals surface area contributed by atoms with Crippen LogP contribution in [0.15, 0.2) is 11.6 Å². The quantitative estimate of drug-likeness (QED) is 0.689. The molecule has 0 radical (unpaired) electrons. The number of hydrogen-bond donors (Lipinski definition) is 2. The topological polar surface area (TPSA) is 49.3 Å². The second kappa shape index (κ2) is 4.84. The molecule has 4 heteroatoms. The average molecular weight is 215 g/mol. The molecule has 1 fully saturated rings. The van der Waals surface area contributed by atoms with Gasteiger partial charge >= 0.3 is 0 Å². The maximum absolute atomic E-state index is 11.2. The number of amides is 1. The van der Waals surface area contributed by atoms with E-state index in [9.17, 15) is 9.90 Å². The lowest BCUT2D eigenvalue weighted by Crippen LogP contribution is -2.42. The van der Waals surface area contributed by atoms with Crippen LogP contribution in [-0.4, -0.2) is 34.7 Å². The molecule has 1 amide bonds. The van der Waals surface area contributed by atoms with Gasteiger partial charge in [0.05, 0.1) is 5.60 Å². The van der Waals surface area contributed by atoms with E-state index in [1.165, 1.54) is 0 Å². The Morgan fingerprint density at radius 2 is 2.36 bits per heavy atom. The first kappa shape index (κ1) is 11.6. The number of nitrogens with one attached hydrogen (secondary N) is 1. The predicted octanol–water partition coefficient (Wildman–Crippen LogP) is 0.937. The largest absolute Gasteiger partial charge is 0.387 e. The molecule has 0 aromatic carbocycles. The van der Waals surface area contributed by atoms with Crippen molar-refractivity contribution in [1.82, 2.24) is 5.32 Å². The standard InChI is InChI=1S/C10H17NO2S/c1-8(2)5-9(12)11-6-10(13)3-4-14-7-10/h5,13H,3-4,6-7H2,1-2H3,(H,11,12). The number of aliphatic hydroxyl groups is 1. The molecule has 1 heterocycles. The molecule has 14 heavy (non-hydrogen) atoms. The minimum absolute atomic E-state index is 0.115. The Balaban J connectivity index is 2.33. The molecule has 0 bridgehead atoms. The summed E-state index contributed by atoms with van der Waals surface area (Å²) < 4.78 is 0. The lowest BCUT2D eigenvalue weighted by molar-refractivity contribution is -0.117. The third-order valence-corrected chi connectivity index (χ3v) is 3.33. The van der Waals surface area contributed by atoms with Crippen LogP contribution in [0, 0.1) is 0 Å². The Bertz CT molecular complexity index is 241. The lowest BCUT2D eigenvalue weighted by Gasteiger charge is -2.20. The Kier molecular flexibility index (Phi) is 4.01. The molecule has 1 saturated heterocycles. The van der Waals surface area contributed by atoms with Crippen molar-refractivity contribution in [3.63, 3.8) is 0 Å². The number of rotatable bonds is 3. The monoisotopic (exact) mass is 215 g/mol. The van der Waals surface area contributed by atoms with E-state index >= 15 is 0 Å². The Morgan fingerprint density at radius 1 is 1.64 bits per heavy atom. The lowest BCUT2D eigenvalue weighted by atomic mass is 10.0. The van der Waals surface area contributed by atoms with Gasteiger partial charge in [0, 0.05) is 18.4 Å². The van der Waals surface area contributed by atoms with Crippen molar-refractivity contribution in [1.29, 1.82) is 0 Å². The summed E-state index contributed by atoms with van der Waals surface area (Å²) in [7, 11) is 0. The summed E-state index contributed by atoms with van der Waals surface area (Å²) in [5.74, 6) is 1.59. The Morgan fingerprint density at radius 3 is 2.86 bits per heavy atom. The molecule has 1 rings (SSSR count). The number of thioether (sulfide) groups is 1. The molecule has 0 aromatic heterocycles. The van der Waals surface area contributed by atoms with Gasteiger partial charge in [-0.1, -0.05) is 5.57 Å². The van der Waals surface area contributed by atoms with Crippen LogP contribution < -0.4 is 5.32 Å². The van der Waals surface area contributed by atoms with E-state index in [1.54, 1.807) is 17.8 Å². The Hall–Kier alpha value is -0.480. The molecule has 1 unspecified atom stereocenters. The summed E-state index contributed by atoms with van der Waals surface area (Å²) in [5.41, 5.74) is 0.283. The number of carbonyl (C=O) groups is 1. The van der Waals surface area contributed by atoms with Gasteiger partial charge in [-0.15, -0.1) is 0 Å². The summed E-state index contributed by atoms with van der Waals surface area (Å²) in [6, 6.07) is 0. The van der Waals surface area contributed by atoms with Gasteiger partial charge in [0.2, 0.25) is 5.91 Å². The minimum atomic E-state index is -0.685. The van der Waals surface area contributed by atoms with E-state index in [0.29, 0.717) is 6.54 Å². The van der Waals surface area contributed by atoms with Gasteiger partial charge in [0.15, 0.2) is 0 Å². The fourth-order valence-electron chi connectivity index (χ4n) is 1.30. The van der Waals surface area contributed by atoms with E-state index in [0.717, 1.165) is 23.5 Å². The highest BCUT2D eigenvalue weighted by Gasteiger charge is 2.31. The molecule has 0 spiro atoms. The van der Waals surface area contributed by atoms with Crippen molar-refractivity contribution < 1.29 is 9.90 Å². The summed E-state index contributed by atoms with van der Waals surface area (Å²) in [4.78, 5) is 11.2. The molecular weight excluding hydrogens is 198 g/mol. The molecule has 80 valence electrons. The van der Waals surface area contributed by atoms with E-state index in [4.69, 9.17) is 0 Å². The molecule has 1 aliphatic rings. The van der Waals surface area contributed by atoms with Crippen LogP contribution in [-0.2, 0) is 4.79 Å². The summed E-state index contributed by atoms with van der Waals surface area (Å²) >= 11 is 1.73. The highest BCUT2D eigenvalue weighted by Crippen LogP contribution is 2.26. The molecule has 0 aromatic rings. The highest BCUT2D eigenvalue weighted by molar-refractivity contribution is 7.99. The normalized spacial score (nSPS) is 25.9. The fourth-order valence-corrected chi connectivity index (χ4v) is 2.60. The third-order valence-electron chi connectivity index (χ3n) is 2.09. The van der Waals surface area contributed by atoms with Gasteiger partial charge in [-0.3, -0.25) is 4.79 Å².